The molecule has 0 saturated heterocycles. The molecular formula is C26H30N8O3. The van der Waals surface area contributed by atoms with Gasteiger partial charge in [0, 0.05) is 41.5 Å². The summed E-state index contributed by atoms with van der Waals surface area (Å²) in [7, 11) is 3.13. The molecule has 11 heteroatoms. The number of nitrogens with zero attached hydrogens (tertiary/aromatic N) is 4. The summed E-state index contributed by atoms with van der Waals surface area (Å²) < 4.78 is 12.5. The van der Waals surface area contributed by atoms with E-state index in [4.69, 9.17) is 25.9 Å². The van der Waals surface area contributed by atoms with Crippen LogP contribution in [0.3, 0.4) is 0 Å². The Morgan fingerprint density at radius 1 is 1.03 bits per heavy atom. The van der Waals surface area contributed by atoms with Gasteiger partial charge in [-0.05, 0) is 12.8 Å². The highest BCUT2D eigenvalue weighted by Gasteiger charge is 2.27. The van der Waals surface area contributed by atoms with Crippen LogP contribution in [-0.4, -0.2) is 51.8 Å². The maximum atomic E-state index is 12.7. The van der Waals surface area contributed by atoms with Crippen LogP contribution in [-0.2, 0) is 0 Å². The lowest BCUT2D eigenvalue weighted by atomic mass is 9.91. The minimum Gasteiger partial charge on any atom is -0.497 e. The molecule has 0 aliphatic heterocycles. The fraction of sp³-hybridized carbons (Fsp3) is 0.308. The largest absolute Gasteiger partial charge is 0.497 e. The third kappa shape index (κ3) is 4.85. The number of primary amides is 1. The zero-order chi connectivity index (χ0) is 25.9. The molecule has 2 aromatic carbocycles. The van der Waals surface area contributed by atoms with Gasteiger partial charge in [0.15, 0.2) is 17.3 Å². The van der Waals surface area contributed by atoms with E-state index in [1.807, 2.05) is 30.3 Å². The molecule has 1 saturated carbocycles. The molecule has 1 fully saturated rings. The van der Waals surface area contributed by atoms with E-state index >= 15 is 0 Å². The number of aromatic nitrogens is 4. The number of hydrogen-bond acceptors (Lipinski definition) is 9. The summed E-state index contributed by atoms with van der Waals surface area (Å²) >= 11 is 0. The first-order valence-electron chi connectivity index (χ1n) is 12.1. The number of nitrogens with two attached hydrogens (primary N) is 2. The van der Waals surface area contributed by atoms with E-state index in [2.05, 4.69) is 20.8 Å². The van der Waals surface area contributed by atoms with Crippen molar-refractivity contribution in [1.29, 1.82) is 0 Å². The summed E-state index contributed by atoms with van der Waals surface area (Å²) in [5.41, 5.74) is 14.1. The van der Waals surface area contributed by atoms with Crippen LogP contribution >= 0.6 is 0 Å². The minimum absolute atomic E-state index is 0.000310. The first-order valence-corrected chi connectivity index (χ1v) is 12.1. The first kappa shape index (κ1) is 24.3. The number of methoxy groups -OCH3 is 2. The topological polar surface area (TPSA) is 155 Å². The molecule has 0 unspecified atom stereocenters. The normalized spacial score (nSPS) is 17.4. The predicted octanol–water partition coefficient (Wildman–Crippen LogP) is 3.33. The van der Waals surface area contributed by atoms with Crippen molar-refractivity contribution in [2.45, 2.75) is 37.8 Å². The van der Waals surface area contributed by atoms with Crippen molar-refractivity contribution in [3.05, 3.63) is 54.1 Å². The van der Waals surface area contributed by atoms with Gasteiger partial charge in [-0.3, -0.25) is 4.79 Å². The Hall–Kier alpha value is -4.38. The van der Waals surface area contributed by atoms with E-state index in [1.165, 1.54) is 0 Å². The van der Waals surface area contributed by atoms with Crippen molar-refractivity contribution in [2.75, 3.05) is 24.9 Å². The number of nitrogens with one attached hydrogen (secondary N) is 2. The Morgan fingerprint density at radius 2 is 1.73 bits per heavy atom. The number of benzene rings is 2. The van der Waals surface area contributed by atoms with Crippen molar-refractivity contribution >= 4 is 29.0 Å². The first-order chi connectivity index (χ1) is 18.0. The average Bonchev–Trinajstić information content (AvgIpc) is 3.35. The number of anilines is 3. The number of fused-ring (bicyclic) bond motifs is 1. The molecule has 11 nitrogen and oxygen atoms in total. The van der Waals surface area contributed by atoms with Gasteiger partial charge in [-0.2, -0.15) is 4.98 Å². The highest BCUT2D eigenvalue weighted by molar-refractivity contribution is 6.04. The van der Waals surface area contributed by atoms with Gasteiger partial charge in [0.25, 0.3) is 5.91 Å². The van der Waals surface area contributed by atoms with Crippen molar-refractivity contribution < 1.29 is 14.3 Å². The van der Waals surface area contributed by atoms with Crippen LogP contribution in [0, 0.1) is 0 Å². The minimum atomic E-state index is -0.692. The smallest absolute Gasteiger partial charge is 0.256 e. The summed E-state index contributed by atoms with van der Waals surface area (Å²) in [6.45, 7) is 0. The summed E-state index contributed by atoms with van der Waals surface area (Å²) in [6, 6.07) is 14.8. The van der Waals surface area contributed by atoms with Gasteiger partial charge in [-0.25, -0.2) is 4.40 Å². The molecule has 37 heavy (non-hydrogen) atoms. The SMILES string of the molecule is COc1cc(Nc2nc(N[C@H]3CCCC[C@H]3N)n3c(-c4ccccc4)nnc3c2C(N)=O)cc(OC)c1. The van der Waals surface area contributed by atoms with Crippen LogP contribution in [0.4, 0.5) is 17.5 Å². The van der Waals surface area contributed by atoms with E-state index in [-0.39, 0.29) is 29.1 Å². The number of carbonyl (C=O) groups excluding carboxylic acids is 1. The second-order valence-electron chi connectivity index (χ2n) is 9.00. The van der Waals surface area contributed by atoms with Crippen molar-refractivity contribution in [2.24, 2.45) is 11.5 Å². The molecule has 5 rings (SSSR count). The molecule has 6 N–H and O–H groups in total. The Bertz CT molecular complexity index is 1400. The molecular weight excluding hydrogens is 472 g/mol. The van der Waals surface area contributed by atoms with Crippen LogP contribution in [0.2, 0.25) is 0 Å². The summed E-state index contributed by atoms with van der Waals surface area (Å²) in [5, 5.41) is 15.5. The van der Waals surface area contributed by atoms with E-state index in [9.17, 15) is 4.79 Å². The summed E-state index contributed by atoms with van der Waals surface area (Å²) in [6.07, 6.45) is 3.98. The molecule has 4 aromatic rings. The number of carbonyl (C=O) groups is 1. The second-order valence-corrected chi connectivity index (χ2v) is 9.00. The average molecular weight is 503 g/mol. The number of hydrogen-bond donors (Lipinski definition) is 4. The van der Waals surface area contributed by atoms with Crippen LogP contribution < -0.4 is 31.6 Å². The Morgan fingerprint density at radius 3 is 2.38 bits per heavy atom. The van der Waals surface area contributed by atoms with E-state index in [1.54, 1.807) is 36.8 Å². The molecule has 2 heterocycles. The zero-order valence-corrected chi connectivity index (χ0v) is 20.8. The van der Waals surface area contributed by atoms with Gasteiger partial charge in [0.2, 0.25) is 5.95 Å². The lowest BCUT2D eigenvalue weighted by molar-refractivity contribution is 0.100. The van der Waals surface area contributed by atoms with Gasteiger partial charge in [0.1, 0.15) is 17.1 Å². The molecule has 0 radical (unpaired) electrons. The van der Waals surface area contributed by atoms with Gasteiger partial charge >= 0.3 is 0 Å². The fourth-order valence-corrected chi connectivity index (χ4v) is 4.67. The molecule has 0 bridgehead atoms. The van der Waals surface area contributed by atoms with Crippen LogP contribution in [0.5, 0.6) is 11.5 Å². The lowest BCUT2D eigenvalue weighted by Crippen LogP contribution is -2.43. The fourth-order valence-electron chi connectivity index (χ4n) is 4.67. The van der Waals surface area contributed by atoms with Crippen molar-refractivity contribution in [3.63, 3.8) is 0 Å². The quantitative estimate of drug-likeness (QED) is 0.284. The second kappa shape index (κ2) is 10.3. The molecule has 192 valence electrons. The molecule has 1 aliphatic rings. The maximum absolute atomic E-state index is 12.7. The Balaban J connectivity index is 1.69. The molecule has 1 aliphatic carbocycles. The maximum Gasteiger partial charge on any atom is 0.256 e. The summed E-state index contributed by atoms with van der Waals surface area (Å²) in [4.78, 5) is 17.6. The summed E-state index contributed by atoms with van der Waals surface area (Å²) in [5.74, 6) is 1.68. The van der Waals surface area contributed by atoms with Crippen LogP contribution in [0.1, 0.15) is 36.0 Å². The predicted molar refractivity (Wildman–Crippen MR) is 141 cm³/mol. The third-order valence-electron chi connectivity index (χ3n) is 6.58. The molecule has 2 aromatic heterocycles. The van der Waals surface area contributed by atoms with Gasteiger partial charge in [-0.1, -0.05) is 43.2 Å². The van der Waals surface area contributed by atoms with Gasteiger partial charge < -0.3 is 31.6 Å². The monoisotopic (exact) mass is 502 g/mol. The Kier molecular flexibility index (Phi) is 6.78. The number of rotatable bonds is 8. The van der Waals surface area contributed by atoms with E-state index < -0.39 is 5.91 Å². The van der Waals surface area contributed by atoms with Gasteiger partial charge in [-0.15, -0.1) is 10.2 Å². The van der Waals surface area contributed by atoms with Gasteiger partial charge in [0.05, 0.1) is 14.2 Å². The number of amides is 1. The van der Waals surface area contributed by atoms with E-state index in [0.29, 0.717) is 29.0 Å². The highest BCUT2D eigenvalue weighted by Crippen LogP contribution is 2.33. The standard InChI is InChI=1S/C26H30N8O3/c1-36-17-12-16(13-18(14-17)37-2)29-23-21(22(28)35)25-33-32-24(15-8-4-3-5-9-15)34(25)26(31-23)30-20-11-7-6-10-19(20)27/h3-5,8-9,12-14,19-20,29H,6-7,10-11,27H2,1-2H3,(H2,28,35)(H,30,31)/t19-,20+/m1/s1. The van der Waals surface area contributed by atoms with Crippen molar-refractivity contribution in [1.82, 2.24) is 19.6 Å². The molecule has 1 amide bonds. The molecule has 2 atom stereocenters. The third-order valence-corrected chi connectivity index (χ3v) is 6.58. The van der Waals surface area contributed by atoms with Crippen molar-refractivity contribution in [3.8, 4) is 22.9 Å². The van der Waals surface area contributed by atoms with Crippen LogP contribution in [0.15, 0.2) is 48.5 Å². The van der Waals surface area contributed by atoms with E-state index in [0.717, 1.165) is 31.2 Å². The molecule has 0 spiro atoms. The lowest BCUT2D eigenvalue weighted by Gasteiger charge is -2.30. The number of ether oxygens (including phenoxy) is 2. The Labute approximate surface area is 214 Å². The highest BCUT2D eigenvalue weighted by atomic mass is 16.5. The van der Waals surface area contributed by atoms with Crippen LogP contribution in [0.25, 0.3) is 17.0 Å². The zero-order valence-electron chi connectivity index (χ0n) is 20.8.